The van der Waals surface area contributed by atoms with E-state index in [1.165, 1.54) is 0 Å². The summed E-state index contributed by atoms with van der Waals surface area (Å²) in [4.78, 5) is 30.7. The molecule has 1 saturated heterocycles. The Balaban J connectivity index is 0.000000697. The van der Waals surface area contributed by atoms with Gasteiger partial charge in [0.1, 0.15) is 5.16 Å². The van der Waals surface area contributed by atoms with Gasteiger partial charge in [0.15, 0.2) is 0 Å². The summed E-state index contributed by atoms with van der Waals surface area (Å²) in [7, 11) is -3.64. The van der Waals surface area contributed by atoms with Crippen LogP contribution in [0.5, 0.6) is 0 Å². The summed E-state index contributed by atoms with van der Waals surface area (Å²) in [5.74, 6) is -3.86. The van der Waals surface area contributed by atoms with Crippen molar-refractivity contribution in [1.82, 2.24) is 0 Å². The quantitative estimate of drug-likeness (QED) is 0.418. The predicted molar refractivity (Wildman–Crippen MR) is 84.7 cm³/mol. The van der Waals surface area contributed by atoms with Gasteiger partial charge in [-0.15, -0.1) is 0 Å². The average molecular weight is 391 g/mol. The third-order valence-electron chi connectivity index (χ3n) is 4.16. The van der Waals surface area contributed by atoms with Crippen LogP contribution in [0.25, 0.3) is 0 Å². The molecule has 7 nitrogen and oxygen atoms in total. The third kappa shape index (κ3) is 7.33. The standard InChI is InChI=1S/C12H24NO4P.C2HF3O2/c13-9-5-4-8-12(11(14)15)7-3-1-2-6-10-18(12,16)17;3-2(4,5)1(6)7/h1-10,13H2,(H,14,15)(H,16,17);(H,6,7). The van der Waals surface area contributed by atoms with E-state index in [0.29, 0.717) is 32.2 Å². The molecule has 0 aromatic heterocycles. The van der Waals surface area contributed by atoms with Crippen LogP contribution in [0.4, 0.5) is 13.2 Å². The zero-order valence-electron chi connectivity index (χ0n) is 13.8. The number of unbranched alkanes of at least 4 members (excludes halogenated alkanes) is 1. The Bertz CT molecular complexity index is 499. The molecule has 1 aliphatic heterocycles. The van der Waals surface area contributed by atoms with Gasteiger partial charge in [-0.2, -0.15) is 13.2 Å². The molecule has 2 unspecified atom stereocenters. The summed E-state index contributed by atoms with van der Waals surface area (Å²) in [5, 5.41) is 15.2. The summed E-state index contributed by atoms with van der Waals surface area (Å²) in [5.41, 5.74) is 5.41. The molecule has 0 bridgehead atoms. The zero-order chi connectivity index (χ0) is 19.7. The first-order valence-electron chi connectivity index (χ1n) is 7.96. The van der Waals surface area contributed by atoms with Gasteiger partial charge >= 0.3 is 18.1 Å². The molecule has 1 aliphatic rings. The van der Waals surface area contributed by atoms with E-state index >= 15 is 0 Å². The van der Waals surface area contributed by atoms with E-state index in [9.17, 15) is 32.5 Å². The Hall–Kier alpha value is -1.12. The van der Waals surface area contributed by atoms with Crippen molar-refractivity contribution in [2.45, 2.75) is 62.7 Å². The monoisotopic (exact) mass is 391 g/mol. The van der Waals surface area contributed by atoms with E-state index in [0.717, 1.165) is 19.3 Å². The van der Waals surface area contributed by atoms with Gasteiger partial charge in [-0.25, -0.2) is 4.79 Å². The molecule has 148 valence electrons. The van der Waals surface area contributed by atoms with Crippen molar-refractivity contribution in [3.8, 4) is 0 Å². The third-order valence-corrected chi connectivity index (χ3v) is 7.05. The second-order valence-electron chi connectivity index (χ2n) is 5.97. The average Bonchev–Trinajstić information content (AvgIpc) is 2.46. The van der Waals surface area contributed by atoms with Gasteiger partial charge in [-0.1, -0.05) is 25.7 Å². The highest BCUT2D eigenvalue weighted by Gasteiger charge is 2.52. The highest BCUT2D eigenvalue weighted by molar-refractivity contribution is 7.60. The van der Waals surface area contributed by atoms with Crippen LogP contribution >= 0.6 is 7.37 Å². The van der Waals surface area contributed by atoms with E-state index in [2.05, 4.69) is 0 Å². The van der Waals surface area contributed by atoms with Crippen molar-refractivity contribution in [2.75, 3.05) is 12.7 Å². The molecule has 1 rings (SSSR count). The number of carboxylic acids is 2. The second kappa shape index (κ2) is 10.1. The minimum Gasteiger partial charge on any atom is -0.480 e. The molecule has 0 aromatic carbocycles. The van der Waals surface area contributed by atoms with E-state index in [-0.39, 0.29) is 12.6 Å². The Kier molecular flexibility index (Phi) is 9.68. The number of hydrogen-bond acceptors (Lipinski definition) is 4. The van der Waals surface area contributed by atoms with Crippen molar-refractivity contribution in [3.63, 3.8) is 0 Å². The van der Waals surface area contributed by atoms with E-state index in [4.69, 9.17) is 15.6 Å². The van der Waals surface area contributed by atoms with Gasteiger partial charge in [-0.05, 0) is 32.2 Å². The molecule has 0 aromatic rings. The number of nitrogens with two attached hydrogens (primary N) is 1. The topological polar surface area (TPSA) is 138 Å². The molecule has 5 N–H and O–H groups in total. The second-order valence-corrected chi connectivity index (χ2v) is 8.68. The van der Waals surface area contributed by atoms with Crippen molar-refractivity contribution in [3.05, 3.63) is 0 Å². The molecule has 0 radical (unpaired) electrons. The zero-order valence-corrected chi connectivity index (χ0v) is 14.7. The molecule has 0 amide bonds. The maximum Gasteiger partial charge on any atom is 0.490 e. The molecule has 1 fully saturated rings. The molecule has 1 heterocycles. The number of rotatable bonds is 5. The van der Waals surface area contributed by atoms with Crippen molar-refractivity contribution in [2.24, 2.45) is 5.73 Å². The summed E-state index contributed by atoms with van der Waals surface area (Å²) in [6.45, 7) is 0.491. The SMILES string of the molecule is NCCCCC1(C(=O)O)CCCCCCP1(=O)O.O=C(O)C(F)(F)F. The lowest BCUT2D eigenvalue weighted by atomic mass is 9.93. The molecule has 0 aliphatic carbocycles. The maximum absolute atomic E-state index is 12.4. The van der Waals surface area contributed by atoms with Crippen LogP contribution in [0.15, 0.2) is 0 Å². The minimum atomic E-state index is -5.08. The molecule has 11 heteroatoms. The molecule has 0 saturated carbocycles. The molecule has 2 atom stereocenters. The van der Waals surface area contributed by atoms with Crippen molar-refractivity contribution >= 4 is 19.3 Å². The highest BCUT2D eigenvalue weighted by Crippen LogP contribution is 2.60. The highest BCUT2D eigenvalue weighted by atomic mass is 31.2. The van der Waals surface area contributed by atoms with E-state index in [1.807, 2.05) is 0 Å². The molecular weight excluding hydrogens is 366 g/mol. The molecule has 0 spiro atoms. The number of hydrogen-bond donors (Lipinski definition) is 4. The van der Waals surface area contributed by atoms with Gasteiger partial charge < -0.3 is 20.8 Å². The fourth-order valence-electron chi connectivity index (χ4n) is 2.71. The van der Waals surface area contributed by atoms with Crippen LogP contribution in [0, 0.1) is 0 Å². The van der Waals surface area contributed by atoms with Gasteiger partial charge in [0.05, 0.1) is 0 Å². The van der Waals surface area contributed by atoms with Crippen LogP contribution < -0.4 is 5.73 Å². The number of alkyl halides is 3. The minimum absolute atomic E-state index is 0.141. The molecule has 25 heavy (non-hydrogen) atoms. The first-order valence-corrected chi connectivity index (χ1v) is 9.80. The van der Waals surface area contributed by atoms with Crippen molar-refractivity contribution < 1.29 is 42.4 Å². The first kappa shape index (κ1) is 23.9. The van der Waals surface area contributed by atoms with Crippen LogP contribution in [0.2, 0.25) is 0 Å². The van der Waals surface area contributed by atoms with Gasteiger partial charge in [0.25, 0.3) is 0 Å². The Morgan fingerprint density at radius 3 is 2.04 bits per heavy atom. The smallest absolute Gasteiger partial charge is 0.480 e. The fraction of sp³-hybridized carbons (Fsp3) is 0.857. The number of aliphatic carboxylic acids is 2. The van der Waals surface area contributed by atoms with Crippen LogP contribution in [-0.2, 0) is 14.2 Å². The Morgan fingerprint density at radius 2 is 1.60 bits per heavy atom. The number of carboxylic acid groups (broad SMARTS) is 2. The lowest BCUT2D eigenvalue weighted by Crippen LogP contribution is -2.40. The van der Waals surface area contributed by atoms with Crippen molar-refractivity contribution in [1.29, 1.82) is 0 Å². The van der Waals surface area contributed by atoms with Crippen LogP contribution in [-0.4, -0.2) is 51.1 Å². The summed E-state index contributed by atoms with van der Waals surface area (Å²) in [6.07, 6.45) is 0.201. The lowest BCUT2D eigenvalue weighted by molar-refractivity contribution is -0.192. The lowest BCUT2D eigenvalue weighted by Gasteiger charge is -2.35. The summed E-state index contributed by atoms with van der Waals surface area (Å²) >= 11 is 0. The van der Waals surface area contributed by atoms with Gasteiger partial charge in [0, 0.05) is 6.16 Å². The maximum atomic E-state index is 12.4. The number of halogens is 3. The fourth-order valence-corrected chi connectivity index (χ4v) is 5.10. The Morgan fingerprint density at radius 1 is 1.08 bits per heavy atom. The van der Waals surface area contributed by atoms with Crippen LogP contribution in [0.3, 0.4) is 0 Å². The normalized spacial score (nSPS) is 27.4. The first-order chi connectivity index (χ1) is 11.4. The summed E-state index contributed by atoms with van der Waals surface area (Å²) in [6, 6.07) is 0. The largest absolute Gasteiger partial charge is 0.490 e. The van der Waals surface area contributed by atoms with Gasteiger partial charge in [-0.3, -0.25) is 9.36 Å². The number of carbonyl (C=O) groups is 2. The molecular formula is C14H25F3NO6P. The van der Waals surface area contributed by atoms with Gasteiger partial charge in [0.2, 0.25) is 7.37 Å². The van der Waals surface area contributed by atoms with E-state index in [1.54, 1.807) is 0 Å². The van der Waals surface area contributed by atoms with E-state index < -0.39 is 30.6 Å². The Labute approximate surface area is 143 Å². The predicted octanol–water partition coefficient (Wildman–Crippen LogP) is 2.81. The van der Waals surface area contributed by atoms with Crippen LogP contribution in [0.1, 0.15) is 51.4 Å². The summed E-state index contributed by atoms with van der Waals surface area (Å²) < 4.78 is 44.2.